The largest absolute Gasteiger partial charge is 0.497 e. The van der Waals surface area contributed by atoms with Crippen molar-refractivity contribution in [1.82, 2.24) is 5.32 Å². The molecule has 174 valence electrons. The minimum Gasteiger partial charge on any atom is -0.497 e. The van der Waals surface area contributed by atoms with Gasteiger partial charge in [0.15, 0.2) is 5.17 Å². The van der Waals surface area contributed by atoms with Gasteiger partial charge in [0.05, 0.1) is 18.6 Å². The van der Waals surface area contributed by atoms with Crippen LogP contribution in [0.5, 0.6) is 5.75 Å². The molecule has 1 aliphatic rings. The number of rotatable bonds is 7. The second kappa shape index (κ2) is 10.3. The van der Waals surface area contributed by atoms with E-state index in [0.29, 0.717) is 10.9 Å². The molecule has 0 bridgehead atoms. The summed E-state index contributed by atoms with van der Waals surface area (Å²) in [5, 5.41) is 3.53. The standard InChI is InChI=1S/C26H31N3O3S/c1-7-26(4,5)28-23(30)16-33-25-27-22(15-19-8-10-21(32-6)11-9-19)24(31)29(25)20-13-17(2)12-18(3)14-20/h8-15H,7,16H2,1-6H3,(H,28,30)/b22-15-. The van der Waals surface area contributed by atoms with Gasteiger partial charge in [-0.15, -0.1) is 0 Å². The van der Waals surface area contributed by atoms with Crippen LogP contribution < -0.4 is 15.0 Å². The first-order valence-corrected chi connectivity index (χ1v) is 11.9. The monoisotopic (exact) mass is 465 g/mol. The molecule has 7 heteroatoms. The highest BCUT2D eigenvalue weighted by Crippen LogP contribution is 2.31. The fourth-order valence-corrected chi connectivity index (χ4v) is 4.20. The number of hydrogen-bond donors (Lipinski definition) is 1. The van der Waals surface area contributed by atoms with Crippen LogP contribution in [0.2, 0.25) is 0 Å². The lowest BCUT2D eigenvalue weighted by Gasteiger charge is -2.24. The third-order valence-corrected chi connectivity index (χ3v) is 6.35. The van der Waals surface area contributed by atoms with Gasteiger partial charge in [-0.1, -0.05) is 36.9 Å². The highest BCUT2D eigenvalue weighted by atomic mass is 32.2. The first-order chi connectivity index (χ1) is 15.6. The molecule has 0 fully saturated rings. The van der Waals surface area contributed by atoms with Crippen LogP contribution in [0, 0.1) is 13.8 Å². The lowest BCUT2D eigenvalue weighted by atomic mass is 10.0. The third-order valence-electron chi connectivity index (χ3n) is 5.41. The highest BCUT2D eigenvalue weighted by Gasteiger charge is 2.33. The molecular weight excluding hydrogens is 434 g/mol. The SMILES string of the molecule is CCC(C)(C)NC(=O)CSC1=N/C(=C\c2ccc(OC)cc2)C(=O)N1c1cc(C)cc(C)c1. The van der Waals surface area contributed by atoms with Gasteiger partial charge in [-0.25, -0.2) is 4.99 Å². The minimum atomic E-state index is -0.280. The van der Waals surface area contributed by atoms with Crippen LogP contribution in [-0.2, 0) is 9.59 Å². The summed E-state index contributed by atoms with van der Waals surface area (Å²) < 4.78 is 5.21. The average molecular weight is 466 g/mol. The average Bonchev–Trinajstić information content (AvgIpc) is 3.07. The first kappa shape index (κ1) is 24.6. The van der Waals surface area contributed by atoms with E-state index >= 15 is 0 Å². The molecule has 2 amide bonds. The predicted molar refractivity (Wildman–Crippen MR) is 137 cm³/mol. The lowest BCUT2D eigenvalue weighted by Crippen LogP contribution is -2.44. The number of hydrogen-bond acceptors (Lipinski definition) is 5. The molecule has 2 aromatic carbocycles. The van der Waals surface area contributed by atoms with Crippen molar-refractivity contribution in [2.24, 2.45) is 4.99 Å². The van der Waals surface area contributed by atoms with Gasteiger partial charge < -0.3 is 10.1 Å². The van der Waals surface area contributed by atoms with Crippen molar-refractivity contribution in [3.63, 3.8) is 0 Å². The second-order valence-electron chi connectivity index (χ2n) is 8.76. The maximum absolute atomic E-state index is 13.4. The molecular formula is C26H31N3O3S. The Kier molecular flexibility index (Phi) is 7.64. The number of carbonyl (C=O) groups excluding carboxylic acids is 2. The molecule has 0 unspecified atom stereocenters. The molecule has 1 heterocycles. The van der Waals surface area contributed by atoms with Gasteiger partial charge >= 0.3 is 0 Å². The Morgan fingerprint density at radius 3 is 2.36 bits per heavy atom. The number of thioether (sulfide) groups is 1. The molecule has 0 radical (unpaired) electrons. The van der Waals surface area contributed by atoms with Crippen LogP contribution in [0.1, 0.15) is 43.9 Å². The summed E-state index contributed by atoms with van der Waals surface area (Å²) in [5.74, 6) is 0.613. The van der Waals surface area contributed by atoms with Crippen molar-refractivity contribution >= 4 is 40.5 Å². The van der Waals surface area contributed by atoms with E-state index in [9.17, 15) is 9.59 Å². The molecule has 33 heavy (non-hydrogen) atoms. The second-order valence-corrected chi connectivity index (χ2v) is 9.70. The Morgan fingerprint density at radius 1 is 1.15 bits per heavy atom. The summed E-state index contributed by atoms with van der Waals surface area (Å²) in [7, 11) is 1.61. The van der Waals surface area contributed by atoms with Crippen LogP contribution in [0.3, 0.4) is 0 Å². The van der Waals surface area contributed by atoms with Crippen molar-refractivity contribution in [2.75, 3.05) is 17.8 Å². The van der Waals surface area contributed by atoms with E-state index in [1.165, 1.54) is 11.8 Å². The highest BCUT2D eigenvalue weighted by molar-refractivity contribution is 8.14. The van der Waals surface area contributed by atoms with Crippen molar-refractivity contribution in [1.29, 1.82) is 0 Å². The number of amides is 2. The smallest absolute Gasteiger partial charge is 0.283 e. The van der Waals surface area contributed by atoms with E-state index in [-0.39, 0.29) is 23.1 Å². The number of nitrogens with one attached hydrogen (secondary N) is 1. The number of ether oxygens (including phenoxy) is 1. The van der Waals surface area contributed by atoms with Gasteiger partial charge in [0.2, 0.25) is 5.91 Å². The maximum atomic E-state index is 13.4. The van der Waals surface area contributed by atoms with Gasteiger partial charge in [0, 0.05) is 5.54 Å². The molecule has 1 aliphatic heterocycles. The van der Waals surface area contributed by atoms with E-state index in [1.807, 2.05) is 71.0 Å². The fraction of sp³-hybridized carbons (Fsp3) is 0.346. The van der Waals surface area contributed by atoms with Gasteiger partial charge in [-0.2, -0.15) is 0 Å². The minimum absolute atomic E-state index is 0.0880. The number of amidine groups is 1. The number of anilines is 1. The van der Waals surface area contributed by atoms with Crippen molar-refractivity contribution in [3.05, 3.63) is 64.9 Å². The number of aryl methyl sites for hydroxylation is 2. The molecule has 1 N–H and O–H groups in total. The molecule has 0 aliphatic carbocycles. The molecule has 2 aromatic rings. The van der Waals surface area contributed by atoms with Crippen LogP contribution in [0.4, 0.5) is 5.69 Å². The zero-order chi connectivity index (χ0) is 24.2. The van der Waals surface area contributed by atoms with Gasteiger partial charge in [-0.3, -0.25) is 14.5 Å². The normalized spacial score (nSPS) is 15.1. The fourth-order valence-electron chi connectivity index (χ4n) is 3.39. The molecule has 0 saturated carbocycles. The van der Waals surface area contributed by atoms with Crippen LogP contribution >= 0.6 is 11.8 Å². The quantitative estimate of drug-likeness (QED) is 0.578. The van der Waals surface area contributed by atoms with Crippen molar-refractivity contribution < 1.29 is 14.3 Å². The van der Waals surface area contributed by atoms with E-state index < -0.39 is 0 Å². The van der Waals surface area contributed by atoms with Gasteiger partial charge in [0.25, 0.3) is 5.91 Å². The molecule has 0 spiro atoms. The summed E-state index contributed by atoms with van der Waals surface area (Å²) in [6, 6.07) is 13.4. The first-order valence-electron chi connectivity index (χ1n) is 10.9. The van der Waals surface area contributed by atoms with Crippen LogP contribution in [0.15, 0.2) is 53.2 Å². The summed E-state index contributed by atoms with van der Waals surface area (Å²) in [6.07, 6.45) is 2.58. The Bertz CT molecular complexity index is 1080. The van der Waals surface area contributed by atoms with Crippen molar-refractivity contribution in [3.8, 4) is 5.75 Å². The Labute approximate surface area is 200 Å². The maximum Gasteiger partial charge on any atom is 0.283 e. The van der Waals surface area contributed by atoms with E-state index in [4.69, 9.17) is 4.74 Å². The number of carbonyl (C=O) groups is 2. The van der Waals surface area contributed by atoms with E-state index in [2.05, 4.69) is 16.4 Å². The predicted octanol–water partition coefficient (Wildman–Crippen LogP) is 5.09. The molecule has 0 aromatic heterocycles. The zero-order valence-corrected chi connectivity index (χ0v) is 20.9. The summed E-state index contributed by atoms with van der Waals surface area (Å²) in [6.45, 7) is 10.0. The van der Waals surface area contributed by atoms with Crippen LogP contribution in [0.25, 0.3) is 6.08 Å². The summed E-state index contributed by atoms with van der Waals surface area (Å²) in [5.41, 5.74) is 3.75. The van der Waals surface area contributed by atoms with E-state index in [1.54, 1.807) is 18.1 Å². The lowest BCUT2D eigenvalue weighted by molar-refractivity contribution is -0.120. The molecule has 6 nitrogen and oxygen atoms in total. The summed E-state index contributed by atoms with van der Waals surface area (Å²) >= 11 is 1.26. The number of benzene rings is 2. The molecule has 0 saturated heterocycles. The number of nitrogens with zero attached hydrogens (tertiary/aromatic N) is 2. The van der Waals surface area contributed by atoms with Gasteiger partial charge in [0.1, 0.15) is 11.4 Å². The number of methoxy groups -OCH3 is 1. The number of aliphatic imine (C=N–C) groups is 1. The van der Waals surface area contributed by atoms with Crippen molar-refractivity contribution in [2.45, 2.75) is 46.6 Å². The Morgan fingerprint density at radius 2 is 1.79 bits per heavy atom. The molecule has 3 rings (SSSR count). The third kappa shape index (κ3) is 6.26. The Balaban J connectivity index is 1.91. The zero-order valence-electron chi connectivity index (χ0n) is 20.1. The molecule has 0 atom stereocenters. The van der Waals surface area contributed by atoms with Crippen LogP contribution in [-0.4, -0.2) is 35.4 Å². The summed E-state index contributed by atoms with van der Waals surface area (Å²) in [4.78, 5) is 32.1. The van der Waals surface area contributed by atoms with Gasteiger partial charge in [-0.05, 0) is 81.1 Å². The topological polar surface area (TPSA) is 71.0 Å². The Hall–Kier alpha value is -3.06. The van der Waals surface area contributed by atoms with E-state index in [0.717, 1.165) is 34.5 Å².